The monoisotopic (exact) mass is 295 g/mol. The zero-order valence-corrected chi connectivity index (χ0v) is 12.2. The molecule has 0 spiro atoms. The third kappa shape index (κ3) is 3.55. The van der Waals surface area contributed by atoms with Gasteiger partial charge in [-0.15, -0.1) is 11.3 Å². The topological polar surface area (TPSA) is 49.3 Å². The van der Waals surface area contributed by atoms with Crippen molar-refractivity contribution in [2.24, 2.45) is 5.92 Å². The molecule has 20 heavy (non-hydrogen) atoms. The predicted molar refractivity (Wildman–Crippen MR) is 79.6 cm³/mol. The van der Waals surface area contributed by atoms with Gasteiger partial charge in [-0.25, -0.2) is 4.39 Å². The van der Waals surface area contributed by atoms with Gasteiger partial charge in [-0.3, -0.25) is 4.79 Å². The number of rotatable bonds is 6. The first-order chi connectivity index (χ1) is 9.63. The molecule has 3 nitrogen and oxygen atoms in total. The summed E-state index contributed by atoms with van der Waals surface area (Å²) < 4.78 is 13.9. The fraction of sp³-hybridized carbons (Fsp3) is 0.400. The lowest BCUT2D eigenvalue weighted by Crippen LogP contribution is -2.28. The van der Waals surface area contributed by atoms with Gasteiger partial charge in [0.05, 0.1) is 4.88 Å². The van der Waals surface area contributed by atoms with Crippen LogP contribution in [0, 0.1) is 11.7 Å². The first-order valence-electron chi connectivity index (χ1n) is 6.72. The minimum atomic E-state index is -0.291. The van der Waals surface area contributed by atoms with E-state index in [0.717, 1.165) is 16.5 Å². The van der Waals surface area contributed by atoms with Crippen molar-refractivity contribution in [1.29, 1.82) is 0 Å². The number of amides is 1. The summed E-state index contributed by atoms with van der Waals surface area (Å²) >= 11 is 1.29. The van der Waals surface area contributed by atoms with Crippen LogP contribution >= 0.6 is 11.3 Å². The van der Waals surface area contributed by atoms with Crippen molar-refractivity contribution in [1.82, 2.24) is 5.32 Å². The van der Waals surface area contributed by atoms with Crippen LogP contribution in [0.5, 0.6) is 0 Å². The SMILES string of the molecule is CCC(CCO)CNC(=O)c1cc2ccc(F)cc2s1. The van der Waals surface area contributed by atoms with Gasteiger partial charge in [-0.1, -0.05) is 19.4 Å². The standard InChI is InChI=1S/C15H18FNO2S/c1-2-10(5-6-18)9-17-15(19)14-7-11-3-4-12(16)8-13(11)20-14/h3-4,7-8,10,18H,2,5-6,9H2,1H3,(H,17,19). The Kier molecular flexibility index (Phi) is 5.09. The Labute approximate surface area is 121 Å². The van der Waals surface area contributed by atoms with E-state index < -0.39 is 0 Å². The number of thiophene rings is 1. The third-order valence-electron chi connectivity index (χ3n) is 3.37. The molecule has 1 heterocycles. The second kappa shape index (κ2) is 6.81. The molecule has 1 amide bonds. The average molecular weight is 295 g/mol. The fourth-order valence-electron chi connectivity index (χ4n) is 2.07. The molecule has 1 aromatic heterocycles. The van der Waals surface area contributed by atoms with Crippen molar-refractivity contribution in [3.05, 3.63) is 35.0 Å². The quantitative estimate of drug-likeness (QED) is 0.860. The summed E-state index contributed by atoms with van der Waals surface area (Å²) in [6, 6.07) is 6.29. The van der Waals surface area contributed by atoms with Gasteiger partial charge in [-0.2, -0.15) is 0 Å². The highest BCUT2D eigenvalue weighted by Gasteiger charge is 2.12. The highest BCUT2D eigenvalue weighted by molar-refractivity contribution is 7.20. The molecule has 2 aromatic rings. The number of halogens is 1. The van der Waals surface area contributed by atoms with Crippen LogP contribution < -0.4 is 5.32 Å². The lowest BCUT2D eigenvalue weighted by molar-refractivity contribution is 0.0947. The highest BCUT2D eigenvalue weighted by atomic mass is 32.1. The van der Waals surface area contributed by atoms with Crippen LogP contribution in [0.4, 0.5) is 4.39 Å². The van der Waals surface area contributed by atoms with Gasteiger partial charge < -0.3 is 10.4 Å². The van der Waals surface area contributed by atoms with E-state index in [2.05, 4.69) is 5.32 Å². The van der Waals surface area contributed by atoms with Crippen molar-refractivity contribution < 1.29 is 14.3 Å². The molecule has 0 fully saturated rings. The largest absolute Gasteiger partial charge is 0.396 e. The number of carbonyl (C=O) groups is 1. The molecular weight excluding hydrogens is 277 g/mol. The second-order valence-electron chi connectivity index (χ2n) is 4.79. The van der Waals surface area contributed by atoms with Gasteiger partial charge in [0, 0.05) is 17.9 Å². The van der Waals surface area contributed by atoms with Crippen molar-refractivity contribution in [2.75, 3.05) is 13.2 Å². The lowest BCUT2D eigenvalue weighted by Gasteiger charge is -2.13. The Bertz CT molecular complexity index is 597. The second-order valence-corrected chi connectivity index (χ2v) is 5.87. The van der Waals surface area contributed by atoms with Crippen LogP contribution in [0.3, 0.4) is 0 Å². The molecule has 5 heteroatoms. The van der Waals surface area contributed by atoms with Gasteiger partial charge in [0.1, 0.15) is 5.82 Å². The average Bonchev–Trinajstić information content (AvgIpc) is 2.86. The van der Waals surface area contributed by atoms with Crippen LogP contribution in [-0.4, -0.2) is 24.2 Å². The molecule has 0 bridgehead atoms. The number of hydrogen-bond donors (Lipinski definition) is 2. The minimum absolute atomic E-state index is 0.135. The van der Waals surface area contributed by atoms with E-state index in [1.54, 1.807) is 12.1 Å². The molecule has 1 aromatic carbocycles. The molecule has 2 N–H and O–H groups in total. The fourth-order valence-corrected chi connectivity index (χ4v) is 3.08. The van der Waals surface area contributed by atoms with E-state index in [-0.39, 0.29) is 24.2 Å². The zero-order valence-electron chi connectivity index (χ0n) is 11.4. The number of aliphatic hydroxyl groups is 1. The van der Waals surface area contributed by atoms with Gasteiger partial charge in [-0.05, 0) is 35.9 Å². The van der Waals surface area contributed by atoms with Gasteiger partial charge >= 0.3 is 0 Å². The molecule has 0 aliphatic carbocycles. The number of hydrogen-bond acceptors (Lipinski definition) is 3. The van der Waals surface area contributed by atoms with Gasteiger partial charge in [0.2, 0.25) is 0 Å². The maximum Gasteiger partial charge on any atom is 0.261 e. The highest BCUT2D eigenvalue weighted by Crippen LogP contribution is 2.26. The summed E-state index contributed by atoms with van der Waals surface area (Å²) in [7, 11) is 0. The lowest BCUT2D eigenvalue weighted by atomic mass is 10.0. The molecule has 0 radical (unpaired) electrons. The Balaban J connectivity index is 2.03. The van der Waals surface area contributed by atoms with Gasteiger partial charge in [0.25, 0.3) is 5.91 Å². The molecule has 108 valence electrons. The molecule has 2 rings (SSSR count). The Morgan fingerprint density at radius 3 is 2.95 bits per heavy atom. The van der Waals surface area contributed by atoms with E-state index in [1.807, 2.05) is 6.92 Å². The Morgan fingerprint density at radius 2 is 2.25 bits per heavy atom. The minimum Gasteiger partial charge on any atom is -0.396 e. The van der Waals surface area contributed by atoms with Crippen molar-refractivity contribution in [2.45, 2.75) is 19.8 Å². The molecule has 0 saturated carbocycles. The summed E-state index contributed by atoms with van der Waals surface area (Å²) in [5.41, 5.74) is 0. The molecule has 1 atom stereocenters. The van der Waals surface area contributed by atoms with Crippen molar-refractivity contribution in [3.8, 4) is 0 Å². The van der Waals surface area contributed by atoms with Crippen LogP contribution in [0.15, 0.2) is 24.3 Å². The third-order valence-corrected chi connectivity index (χ3v) is 4.47. The molecule has 0 saturated heterocycles. The molecule has 1 unspecified atom stereocenters. The Morgan fingerprint density at radius 1 is 1.45 bits per heavy atom. The van der Waals surface area contributed by atoms with Crippen LogP contribution in [0.25, 0.3) is 10.1 Å². The number of benzene rings is 1. The Hall–Kier alpha value is -1.46. The van der Waals surface area contributed by atoms with E-state index in [9.17, 15) is 9.18 Å². The maximum atomic E-state index is 13.1. The number of aliphatic hydroxyl groups excluding tert-OH is 1. The smallest absolute Gasteiger partial charge is 0.261 e. The van der Waals surface area contributed by atoms with Crippen LogP contribution in [0.2, 0.25) is 0 Å². The molecule has 0 aliphatic rings. The normalized spacial score (nSPS) is 12.6. The van der Waals surface area contributed by atoms with Crippen LogP contribution in [0.1, 0.15) is 29.4 Å². The number of carbonyl (C=O) groups excluding carboxylic acids is 1. The first-order valence-corrected chi connectivity index (χ1v) is 7.53. The summed E-state index contributed by atoms with van der Waals surface area (Å²) in [6.45, 7) is 2.73. The number of nitrogens with one attached hydrogen (secondary N) is 1. The van der Waals surface area contributed by atoms with Crippen LogP contribution in [-0.2, 0) is 0 Å². The van der Waals surface area contributed by atoms with E-state index >= 15 is 0 Å². The summed E-state index contributed by atoms with van der Waals surface area (Å²) in [6.07, 6.45) is 1.60. The number of fused-ring (bicyclic) bond motifs is 1. The zero-order chi connectivity index (χ0) is 14.5. The predicted octanol–water partition coefficient (Wildman–Crippen LogP) is 3.18. The van der Waals surface area contributed by atoms with E-state index in [1.165, 1.54) is 23.5 Å². The van der Waals surface area contributed by atoms with E-state index in [4.69, 9.17) is 5.11 Å². The maximum absolute atomic E-state index is 13.1. The first kappa shape index (κ1) is 14.9. The molecular formula is C15H18FNO2S. The van der Waals surface area contributed by atoms with Crippen molar-refractivity contribution in [3.63, 3.8) is 0 Å². The van der Waals surface area contributed by atoms with Gasteiger partial charge in [0.15, 0.2) is 0 Å². The molecule has 0 aliphatic heterocycles. The van der Waals surface area contributed by atoms with Crippen molar-refractivity contribution >= 4 is 27.3 Å². The summed E-state index contributed by atoms with van der Waals surface area (Å²) in [5.74, 6) is -0.140. The summed E-state index contributed by atoms with van der Waals surface area (Å²) in [4.78, 5) is 12.7. The van der Waals surface area contributed by atoms with E-state index in [0.29, 0.717) is 17.8 Å². The summed E-state index contributed by atoms with van der Waals surface area (Å²) in [5, 5.41) is 12.7.